The summed E-state index contributed by atoms with van der Waals surface area (Å²) >= 11 is 5.80. The van der Waals surface area contributed by atoms with Gasteiger partial charge in [-0.1, -0.05) is 16.8 Å². The van der Waals surface area contributed by atoms with E-state index < -0.39 is 17.9 Å². The van der Waals surface area contributed by atoms with Crippen molar-refractivity contribution < 1.29 is 13.2 Å². The average molecular weight is 326 g/mol. The zero-order valence-electron chi connectivity index (χ0n) is 10.8. The maximum Gasteiger partial charge on any atom is 0.283 e. The number of hydrogen-bond acceptors (Lipinski definition) is 4. The van der Waals surface area contributed by atoms with Crippen molar-refractivity contribution in [2.24, 2.45) is 0 Å². The lowest BCUT2D eigenvalue weighted by Gasteiger charge is -2.10. The fourth-order valence-electron chi connectivity index (χ4n) is 1.91. The lowest BCUT2D eigenvalue weighted by atomic mass is 10.1. The molecule has 0 bridgehead atoms. The molecule has 0 unspecified atom stereocenters. The van der Waals surface area contributed by atoms with Crippen molar-refractivity contribution in [2.45, 2.75) is 6.43 Å². The van der Waals surface area contributed by atoms with E-state index in [-0.39, 0.29) is 22.0 Å². The molecule has 0 aliphatic carbocycles. The number of hydrogen-bond donors (Lipinski definition) is 0. The first-order chi connectivity index (χ1) is 10.6. The summed E-state index contributed by atoms with van der Waals surface area (Å²) in [5, 5.41) is 6.83. The van der Waals surface area contributed by atoms with Crippen molar-refractivity contribution in [3.8, 4) is 16.9 Å². The fraction of sp³-hybridized carbons (Fsp3) is 0.0769. The van der Waals surface area contributed by atoms with Gasteiger partial charge in [-0.15, -0.1) is 5.10 Å². The van der Waals surface area contributed by atoms with E-state index in [4.69, 9.17) is 11.6 Å². The molecule has 0 amide bonds. The molecule has 0 saturated carbocycles. The Kier molecular flexibility index (Phi) is 3.76. The molecule has 0 N–H and O–H groups in total. The molecule has 0 aliphatic rings. The average Bonchev–Trinajstić information content (AvgIpc) is 3.00. The molecule has 0 spiro atoms. The quantitative estimate of drug-likeness (QED) is 0.740. The van der Waals surface area contributed by atoms with E-state index in [0.717, 1.165) is 10.9 Å². The van der Waals surface area contributed by atoms with Gasteiger partial charge in [0, 0.05) is 6.20 Å². The summed E-state index contributed by atoms with van der Waals surface area (Å²) in [5.74, 6) is -0.730. The second-order valence-corrected chi connectivity index (χ2v) is 4.65. The molecular formula is C13H7ClF3N5. The Morgan fingerprint density at radius 3 is 2.64 bits per heavy atom. The van der Waals surface area contributed by atoms with Crippen molar-refractivity contribution in [1.29, 1.82) is 0 Å². The second kappa shape index (κ2) is 5.72. The predicted octanol–water partition coefficient (Wildman–Crippen LogP) is 3.45. The Hall–Kier alpha value is -2.48. The third-order valence-corrected chi connectivity index (χ3v) is 3.18. The van der Waals surface area contributed by atoms with E-state index in [2.05, 4.69) is 20.3 Å². The number of benzene rings is 1. The Bertz CT molecular complexity index is 807. The molecule has 3 aromatic rings. The van der Waals surface area contributed by atoms with E-state index in [1.54, 1.807) is 0 Å². The molecule has 0 saturated heterocycles. The summed E-state index contributed by atoms with van der Waals surface area (Å²) in [6.45, 7) is 0. The highest BCUT2D eigenvalue weighted by Crippen LogP contribution is 2.32. The second-order valence-electron chi connectivity index (χ2n) is 4.24. The van der Waals surface area contributed by atoms with E-state index in [1.807, 2.05) is 0 Å². The monoisotopic (exact) mass is 325 g/mol. The first-order valence-electron chi connectivity index (χ1n) is 6.03. The van der Waals surface area contributed by atoms with Crippen molar-refractivity contribution in [2.75, 3.05) is 0 Å². The molecule has 0 atom stereocenters. The van der Waals surface area contributed by atoms with Crippen molar-refractivity contribution in [1.82, 2.24) is 25.0 Å². The van der Waals surface area contributed by atoms with Crippen LogP contribution < -0.4 is 0 Å². The molecule has 0 aliphatic heterocycles. The number of alkyl halides is 2. The SMILES string of the molecule is Fc1c(Cl)ccc(-n2cc(C(F)F)nn2)c1-c1ccncn1. The lowest BCUT2D eigenvalue weighted by Crippen LogP contribution is -2.02. The van der Waals surface area contributed by atoms with Gasteiger partial charge in [-0.05, 0) is 18.2 Å². The van der Waals surface area contributed by atoms with E-state index in [9.17, 15) is 13.2 Å². The molecule has 5 nitrogen and oxygen atoms in total. The van der Waals surface area contributed by atoms with Gasteiger partial charge in [0.25, 0.3) is 6.43 Å². The first-order valence-corrected chi connectivity index (χ1v) is 6.41. The van der Waals surface area contributed by atoms with Crippen LogP contribution in [0.15, 0.2) is 36.9 Å². The minimum atomic E-state index is -2.77. The maximum atomic E-state index is 14.4. The summed E-state index contributed by atoms with van der Waals surface area (Å²) < 4.78 is 40.7. The molecule has 9 heteroatoms. The largest absolute Gasteiger partial charge is 0.283 e. The van der Waals surface area contributed by atoms with Crippen LogP contribution in [0.5, 0.6) is 0 Å². The van der Waals surface area contributed by atoms with Crippen molar-refractivity contribution in [3.05, 3.63) is 53.5 Å². The van der Waals surface area contributed by atoms with Crippen LogP contribution in [0.25, 0.3) is 16.9 Å². The molecule has 1 aromatic carbocycles. The number of rotatable bonds is 3. The normalized spacial score (nSPS) is 11.1. The van der Waals surface area contributed by atoms with Crippen LogP contribution in [0.1, 0.15) is 12.1 Å². The molecular weight excluding hydrogens is 319 g/mol. The van der Waals surface area contributed by atoms with Crippen LogP contribution >= 0.6 is 11.6 Å². The van der Waals surface area contributed by atoms with Gasteiger partial charge in [-0.2, -0.15) is 0 Å². The Labute approximate surface area is 127 Å². The van der Waals surface area contributed by atoms with E-state index in [1.165, 1.54) is 30.7 Å². The van der Waals surface area contributed by atoms with E-state index >= 15 is 0 Å². The molecule has 0 radical (unpaired) electrons. The summed E-state index contributed by atoms with van der Waals surface area (Å²) in [7, 11) is 0. The molecule has 112 valence electrons. The summed E-state index contributed by atoms with van der Waals surface area (Å²) in [6.07, 6.45) is 0.926. The van der Waals surface area contributed by atoms with Crippen LogP contribution in [-0.2, 0) is 0 Å². The van der Waals surface area contributed by atoms with Crippen LogP contribution in [0.2, 0.25) is 5.02 Å². The molecule has 0 fully saturated rings. The zero-order chi connectivity index (χ0) is 15.7. The zero-order valence-corrected chi connectivity index (χ0v) is 11.5. The topological polar surface area (TPSA) is 56.5 Å². The van der Waals surface area contributed by atoms with Gasteiger partial charge in [0.1, 0.15) is 12.0 Å². The molecule has 3 rings (SSSR count). The standard InChI is InChI=1S/C13H7ClF3N5/c14-7-1-2-10(22-5-9(13(16)17)20-21-22)11(12(7)15)8-3-4-18-6-19-8/h1-6,13H. The summed E-state index contributed by atoms with van der Waals surface area (Å²) in [5.41, 5.74) is -0.0382. The Morgan fingerprint density at radius 2 is 2.00 bits per heavy atom. The summed E-state index contributed by atoms with van der Waals surface area (Å²) in [4.78, 5) is 7.71. The minimum Gasteiger partial charge on any atom is -0.245 e. The van der Waals surface area contributed by atoms with Gasteiger partial charge in [-0.3, -0.25) is 0 Å². The third-order valence-electron chi connectivity index (χ3n) is 2.89. The van der Waals surface area contributed by atoms with Gasteiger partial charge in [-0.25, -0.2) is 27.8 Å². The lowest BCUT2D eigenvalue weighted by molar-refractivity contribution is 0.146. The van der Waals surface area contributed by atoms with Gasteiger partial charge >= 0.3 is 0 Å². The number of nitrogens with zero attached hydrogens (tertiary/aromatic N) is 5. The molecule has 22 heavy (non-hydrogen) atoms. The van der Waals surface area contributed by atoms with Gasteiger partial charge < -0.3 is 0 Å². The van der Waals surface area contributed by atoms with Crippen molar-refractivity contribution >= 4 is 11.6 Å². The Morgan fingerprint density at radius 1 is 1.18 bits per heavy atom. The Balaban J connectivity index is 2.21. The van der Waals surface area contributed by atoms with Gasteiger partial charge in [0.05, 0.1) is 28.2 Å². The highest BCUT2D eigenvalue weighted by molar-refractivity contribution is 6.31. The first kappa shape index (κ1) is 14.5. The number of aromatic nitrogens is 5. The number of halogens is 4. The minimum absolute atomic E-state index is 0.0283. The van der Waals surface area contributed by atoms with Gasteiger partial charge in [0.15, 0.2) is 5.82 Å². The van der Waals surface area contributed by atoms with Gasteiger partial charge in [0.2, 0.25) is 0 Å². The molecule has 2 aromatic heterocycles. The van der Waals surface area contributed by atoms with Crippen LogP contribution in [-0.4, -0.2) is 25.0 Å². The van der Waals surface area contributed by atoms with Crippen molar-refractivity contribution in [3.63, 3.8) is 0 Å². The van der Waals surface area contributed by atoms with Crippen LogP contribution in [0.4, 0.5) is 13.2 Å². The predicted molar refractivity (Wildman–Crippen MR) is 72.3 cm³/mol. The highest BCUT2D eigenvalue weighted by Gasteiger charge is 2.19. The van der Waals surface area contributed by atoms with Crippen LogP contribution in [0, 0.1) is 5.82 Å². The van der Waals surface area contributed by atoms with Crippen LogP contribution in [0.3, 0.4) is 0 Å². The van der Waals surface area contributed by atoms with E-state index in [0.29, 0.717) is 0 Å². The maximum absolute atomic E-state index is 14.4. The highest BCUT2D eigenvalue weighted by atomic mass is 35.5. The smallest absolute Gasteiger partial charge is 0.245 e. The third kappa shape index (κ3) is 2.52. The fourth-order valence-corrected chi connectivity index (χ4v) is 2.07. The summed E-state index contributed by atoms with van der Waals surface area (Å²) in [6, 6.07) is 4.23. The molecule has 2 heterocycles.